The van der Waals surface area contributed by atoms with Gasteiger partial charge < -0.3 is 25.2 Å². The standard InChI is InChI=1S/C12H17N3O2.C11H15NO2/c1-12(2,3)8-4-9(6-10(16)5-8)15-11(17)7-14-13;1-8(2)12-10-7-9(13-3)5-6-11(10)14-4/h4-6,13,16H,7H2,1-3H3,(H,15,17);5-7,12H,1H2,2-4H3. The third-order valence-electron chi connectivity index (χ3n) is 4.04. The number of phenolic OH excluding ortho intramolecular Hbond substituents is 1. The molecule has 0 aliphatic rings. The molecule has 0 unspecified atom stereocenters. The van der Waals surface area contributed by atoms with Crippen LogP contribution < -0.4 is 20.1 Å². The van der Waals surface area contributed by atoms with Crippen molar-refractivity contribution in [3.8, 4) is 17.2 Å². The minimum absolute atomic E-state index is 0.107. The first kappa shape index (κ1) is 25.5. The van der Waals surface area contributed by atoms with Gasteiger partial charge in [-0.05, 0) is 42.2 Å². The summed E-state index contributed by atoms with van der Waals surface area (Å²) in [7, 11) is 3.26. The maximum atomic E-state index is 11.3. The first-order valence-electron chi connectivity index (χ1n) is 9.62. The van der Waals surface area contributed by atoms with Crippen LogP contribution in [0.3, 0.4) is 0 Å². The van der Waals surface area contributed by atoms with Crippen molar-refractivity contribution in [3.05, 3.63) is 54.2 Å². The fraction of sp³-hybridized carbons (Fsp3) is 0.348. The van der Waals surface area contributed by atoms with E-state index >= 15 is 0 Å². The molecule has 2 rings (SSSR count). The van der Waals surface area contributed by atoms with Crippen LogP contribution >= 0.6 is 0 Å². The third-order valence-corrected chi connectivity index (χ3v) is 4.04. The van der Waals surface area contributed by atoms with Crippen LogP contribution in [0.2, 0.25) is 0 Å². The van der Waals surface area contributed by atoms with Crippen LogP contribution in [-0.4, -0.2) is 31.8 Å². The molecule has 8 heteroatoms. The van der Waals surface area contributed by atoms with Crippen LogP contribution in [0, 0.1) is 5.53 Å². The van der Waals surface area contributed by atoms with Crippen LogP contribution in [0.4, 0.5) is 11.4 Å². The van der Waals surface area contributed by atoms with Gasteiger partial charge in [0.25, 0.3) is 0 Å². The number of anilines is 2. The minimum Gasteiger partial charge on any atom is -0.508 e. The number of ether oxygens (including phenoxy) is 2. The van der Waals surface area contributed by atoms with Crippen molar-refractivity contribution in [2.24, 2.45) is 5.11 Å². The van der Waals surface area contributed by atoms with Gasteiger partial charge in [0, 0.05) is 23.5 Å². The molecular weight excluding hydrogens is 396 g/mol. The minimum atomic E-state index is -0.370. The number of carbonyl (C=O) groups is 1. The summed E-state index contributed by atoms with van der Waals surface area (Å²) in [6, 6.07) is 10.5. The molecule has 8 nitrogen and oxygen atoms in total. The molecule has 0 saturated heterocycles. The summed E-state index contributed by atoms with van der Waals surface area (Å²) in [6.45, 7) is 11.5. The van der Waals surface area contributed by atoms with Crippen molar-refractivity contribution in [3.63, 3.8) is 0 Å². The first-order valence-corrected chi connectivity index (χ1v) is 9.62. The second-order valence-corrected chi connectivity index (χ2v) is 7.85. The van der Waals surface area contributed by atoms with Crippen LogP contribution in [0.1, 0.15) is 33.3 Å². The average Bonchev–Trinajstić information content (AvgIpc) is 2.67. The highest BCUT2D eigenvalue weighted by Crippen LogP contribution is 2.30. The molecule has 0 heterocycles. The molecule has 0 fully saturated rings. The van der Waals surface area contributed by atoms with Gasteiger partial charge >= 0.3 is 0 Å². The van der Waals surface area contributed by atoms with E-state index in [1.165, 1.54) is 6.07 Å². The van der Waals surface area contributed by atoms with Crippen LogP contribution in [0.5, 0.6) is 17.2 Å². The van der Waals surface area contributed by atoms with Gasteiger partial charge in [0.2, 0.25) is 5.91 Å². The molecule has 4 N–H and O–H groups in total. The molecule has 0 bridgehead atoms. The fourth-order valence-corrected chi connectivity index (χ4v) is 2.53. The lowest BCUT2D eigenvalue weighted by molar-refractivity contribution is -0.115. The first-order chi connectivity index (χ1) is 14.5. The van der Waals surface area contributed by atoms with Gasteiger partial charge in [-0.15, -0.1) is 0 Å². The summed E-state index contributed by atoms with van der Waals surface area (Å²) in [5.74, 6) is 1.30. The highest BCUT2D eigenvalue weighted by Gasteiger charge is 2.16. The molecule has 0 saturated carbocycles. The number of phenols is 1. The summed E-state index contributed by atoms with van der Waals surface area (Å²) in [6.07, 6.45) is 0. The Morgan fingerprint density at radius 2 is 1.81 bits per heavy atom. The largest absolute Gasteiger partial charge is 0.508 e. The predicted octanol–water partition coefficient (Wildman–Crippen LogP) is 5.31. The molecule has 0 radical (unpaired) electrons. The highest BCUT2D eigenvalue weighted by molar-refractivity contribution is 5.92. The Hall–Kier alpha value is -3.55. The highest BCUT2D eigenvalue weighted by atomic mass is 16.5. The molecule has 2 aromatic rings. The van der Waals surface area contributed by atoms with Crippen molar-refractivity contribution in [2.75, 3.05) is 31.4 Å². The summed E-state index contributed by atoms with van der Waals surface area (Å²) in [5, 5.41) is 18.3. The lowest BCUT2D eigenvalue weighted by Gasteiger charge is -2.20. The Kier molecular flexibility index (Phi) is 9.53. The van der Waals surface area contributed by atoms with Crippen molar-refractivity contribution >= 4 is 17.3 Å². The average molecular weight is 429 g/mol. The number of hydrogen-bond donors (Lipinski definition) is 4. The second-order valence-electron chi connectivity index (χ2n) is 7.85. The number of aromatic hydroxyl groups is 1. The molecule has 168 valence electrons. The zero-order valence-electron chi connectivity index (χ0n) is 19.0. The van der Waals surface area contributed by atoms with E-state index in [2.05, 4.69) is 22.3 Å². The van der Waals surface area contributed by atoms with Crippen LogP contribution in [0.25, 0.3) is 0 Å². The van der Waals surface area contributed by atoms with E-state index in [1.54, 1.807) is 20.3 Å². The van der Waals surface area contributed by atoms with E-state index in [4.69, 9.17) is 15.0 Å². The zero-order valence-corrected chi connectivity index (χ0v) is 19.0. The zero-order chi connectivity index (χ0) is 23.6. The van der Waals surface area contributed by atoms with Crippen LogP contribution in [0.15, 0.2) is 53.8 Å². The van der Waals surface area contributed by atoms with E-state index in [9.17, 15) is 9.90 Å². The van der Waals surface area contributed by atoms with E-state index in [1.807, 2.05) is 52.0 Å². The number of hydrogen-bond acceptors (Lipinski definition) is 7. The lowest BCUT2D eigenvalue weighted by Crippen LogP contribution is -2.16. The van der Waals surface area contributed by atoms with Gasteiger partial charge in [0.1, 0.15) is 23.8 Å². The molecule has 0 aliphatic carbocycles. The second kappa shape index (κ2) is 11.6. The number of methoxy groups -OCH3 is 2. The van der Waals surface area contributed by atoms with E-state index < -0.39 is 0 Å². The third kappa shape index (κ3) is 8.77. The molecule has 0 spiro atoms. The van der Waals surface area contributed by atoms with E-state index in [0.29, 0.717) is 5.69 Å². The fourth-order valence-electron chi connectivity index (χ4n) is 2.53. The van der Waals surface area contributed by atoms with Gasteiger partial charge in [-0.1, -0.05) is 27.4 Å². The Morgan fingerprint density at radius 1 is 1.13 bits per heavy atom. The molecule has 31 heavy (non-hydrogen) atoms. The van der Waals surface area contributed by atoms with Gasteiger partial charge in [0.05, 0.1) is 19.9 Å². The molecule has 0 aromatic heterocycles. The Labute approximate surface area is 183 Å². The SMILES string of the molecule is C=C(C)Nc1cc(OC)ccc1OC.CC(C)(C)c1cc(O)cc(NC(=O)CN=N)c1. The van der Waals surface area contributed by atoms with Gasteiger partial charge in [-0.2, -0.15) is 5.11 Å². The van der Waals surface area contributed by atoms with Crippen molar-refractivity contribution in [1.29, 1.82) is 5.53 Å². The maximum Gasteiger partial charge on any atom is 0.247 e. The monoisotopic (exact) mass is 428 g/mol. The number of nitrogens with zero attached hydrogens (tertiary/aromatic N) is 1. The summed E-state index contributed by atoms with van der Waals surface area (Å²) in [4.78, 5) is 11.3. The van der Waals surface area contributed by atoms with Crippen molar-refractivity contribution < 1.29 is 19.4 Å². The quantitative estimate of drug-likeness (QED) is 0.446. The van der Waals surface area contributed by atoms with Crippen molar-refractivity contribution in [2.45, 2.75) is 33.1 Å². The summed E-state index contributed by atoms with van der Waals surface area (Å²) in [5.41, 5.74) is 9.65. The van der Waals surface area contributed by atoms with E-state index in [-0.39, 0.29) is 23.6 Å². The number of nitrogens with one attached hydrogen (secondary N) is 3. The smallest absolute Gasteiger partial charge is 0.247 e. The number of benzene rings is 2. The van der Waals surface area contributed by atoms with Gasteiger partial charge in [0.15, 0.2) is 0 Å². The van der Waals surface area contributed by atoms with Gasteiger partial charge in [-0.3, -0.25) is 4.79 Å². The predicted molar refractivity (Wildman–Crippen MR) is 123 cm³/mol. The Balaban J connectivity index is 0.000000316. The number of rotatable bonds is 7. The topological polar surface area (TPSA) is 116 Å². The van der Waals surface area contributed by atoms with Gasteiger partial charge in [-0.25, -0.2) is 5.53 Å². The normalized spacial score (nSPS) is 10.3. The summed E-state index contributed by atoms with van der Waals surface area (Å²) < 4.78 is 10.3. The summed E-state index contributed by atoms with van der Waals surface area (Å²) >= 11 is 0. The Morgan fingerprint density at radius 3 is 2.32 bits per heavy atom. The van der Waals surface area contributed by atoms with E-state index in [0.717, 1.165) is 28.4 Å². The number of allylic oxidation sites excluding steroid dienone is 1. The Bertz CT molecular complexity index is 920. The molecule has 0 atom stereocenters. The number of amides is 1. The molecule has 2 aromatic carbocycles. The molecule has 0 aliphatic heterocycles. The van der Waals surface area contributed by atoms with Crippen LogP contribution in [-0.2, 0) is 10.2 Å². The van der Waals surface area contributed by atoms with Crippen molar-refractivity contribution in [1.82, 2.24) is 0 Å². The number of carbonyl (C=O) groups excluding carboxylic acids is 1. The lowest BCUT2D eigenvalue weighted by atomic mass is 9.86. The maximum absolute atomic E-state index is 11.3. The molecule has 1 amide bonds. The molecular formula is C23H32N4O4.